The Bertz CT molecular complexity index is 981. The summed E-state index contributed by atoms with van der Waals surface area (Å²) in [5.41, 5.74) is 3.31. The lowest BCUT2D eigenvalue weighted by Gasteiger charge is -2.41. The van der Waals surface area contributed by atoms with Gasteiger partial charge in [-0.05, 0) is 36.8 Å². The highest BCUT2D eigenvalue weighted by atomic mass is 35.5. The first-order valence-corrected chi connectivity index (χ1v) is 10.3. The maximum absolute atomic E-state index is 12.7. The summed E-state index contributed by atoms with van der Waals surface area (Å²) in [7, 11) is 0. The number of ether oxygens (including phenoxy) is 1. The van der Waals surface area contributed by atoms with Crippen LogP contribution in [0.1, 0.15) is 18.1 Å². The SMILES string of the molecule is C[C@@H]1CN(C(=O)CNc2ccc3c(c2)OC(=O)C3)CCN1c1ccc(Cl)c(CO)c1. The summed E-state index contributed by atoms with van der Waals surface area (Å²) in [6.45, 7) is 4.08. The number of anilines is 2. The minimum atomic E-state index is -0.253. The number of hydrogen-bond donors (Lipinski definition) is 2. The number of rotatable bonds is 5. The second kappa shape index (κ2) is 8.53. The number of halogens is 1. The molecule has 0 spiro atoms. The summed E-state index contributed by atoms with van der Waals surface area (Å²) in [6, 6.07) is 11.2. The van der Waals surface area contributed by atoms with E-state index in [0.717, 1.165) is 16.9 Å². The molecule has 0 bridgehead atoms. The fraction of sp³-hybridized carbons (Fsp3) is 0.364. The van der Waals surface area contributed by atoms with Gasteiger partial charge in [-0.15, -0.1) is 0 Å². The number of carbonyl (C=O) groups is 2. The fourth-order valence-electron chi connectivity index (χ4n) is 3.94. The van der Waals surface area contributed by atoms with E-state index >= 15 is 0 Å². The van der Waals surface area contributed by atoms with Gasteiger partial charge in [0, 0.05) is 53.7 Å². The third-order valence-electron chi connectivity index (χ3n) is 5.58. The van der Waals surface area contributed by atoms with E-state index in [4.69, 9.17) is 16.3 Å². The van der Waals surface area contributed by atoms with Gasteiger partial charge >= 0.3 is 5.97 Å². The lowest BCUT2D eigenvalue weighted by atomic mass is 10.1. The van der Waals surface area contributed by atoms with Crippen LogP contribution in [0.5, 0.6) is 5.75 Å². The summed E-state index contributed by atoms with van der Waals surface area (Å²) < 4.78 is 5.16. The molecule has 2 aromatic carbocycles. The molecule has 1 atom stereocenters. The lowest BCUT2D eigenvalue weighted by Crippen LogP contribution is -2.54. The zero-order valence-electron chi connectivity index (χ0n) is 16.7. The first-order valence-electron chi connectivity index (χ1n) is 9.96. The Labute approximate surface area is 180 Å². The van der Waals surface area contributed by atoms with Gasteiger partial charge in [-0.25, -0.2) is 0 Å². The van der Waals surface area contributed by atoms with Crippen LogP contribution >= 0.6 is 11.6 Å². The minimum Gasteiger partial charge on any atom is -0.426 e. The maximum Gasteiger partial charge on any atom is 0.315 e. The Balaban J connectivity index is 1.34. The van der Waals surface area contributed by atoms with E-state index in [1.165, 1.54) is 0 Å². The van der Waals surface area contributed by atoms with Crippen molar-refractivity contribution in [1.29, 1.82) is 0 Å². The molecule has 0 aliphatic carbocycles. The number of amides is 1. The van der Waals surface area contributed by atoms with Crippen LogP contribution in [-0.4, -0.2) is 54.1 Å². The molecule has 1 saturated heterocycles. The molecule has 158 valence electrons. The van der Waals surface area contributed by atoms with Gasteiger partial charge in [-0.2, -0.15) is 0 Å². The van der Waals surface area contributed by atoms with E-state index in [1.807, 2.05) is 29.2 Å². The number of aliphatic hydroxyl groups excluding tert-OH is 1. The summed E-state index contributed by atoms with van der Waals surface area (Å²) in [5.74, 6) is 0.327. The molecule has 2 N–H and O–H groups in total. The van der Waals surface area contributed by atoms with Crippen molar-refractivity contribution in [2.75, 3.05) is 36.4 Å². The summed E-state index contributed by atoms with van der Waals surface area (Å²) in [5, 5.41) is 13.1. The summed E-state index contributed by atoms with van der Waals surface area (Å²) in [4.78, 5) is 28.1. The Morgan fingerprint density at radius 1 is 1.27 bits per heavy atom. The Morgan fingerprint density at radius 3 is 2.87 bits per heavy atom. The molecular weight excluding hydrogens is 406 g/mol. The number of esters is 1. The van der Waals surface area contributed by atoms with E-state index in [9.17, 15) is 14.7 Å². The van der Waals surface area contributed by atoms with Gasteiger partial charge in [0.15, 0.2) is 0 Å². The number of piperazine rings is 1. The monoisotopic (exact) mass is 429 g/mol. The molecule has 8 heteroatoms. The molecule has 0 aromatic heterocycles. The number of fused-ring (bicyclic) bond motifs is 1. The van der Waals surface area contributed by atoms with Gasteiger partial charge in [0.05, 0.1) is 19.6 Å². The predicted octanol–water partition coefficient (Wildman–Crippen LogP) is 2.44. The summed E-state index contributed by atoms with van der Waals surface area (Å²) in [6.07, 6.45) is 0.296. The highest BCUT2D eigenvalue weighted by Crippen LogP contribution is 2.29. The molecule has 0 saturated carbocycles. The van der Waals surface area contributed by atoms with Crippen molar-refractivity contribution in [3.63, 3.8) is 0 Å². The van der Waals surface area contributed by atoms with Crippen LogP contribution in [0.3, 0.4) is 0 Å². The van der Waals surface area contributed by atoms with Crippen LogP contribution in [0, 0.1) is 0 Å². The Morgan fingerprint density at radius 2 is 2.10 bits per heavy atom. The quantitative estimate of drug-likeness (QED) is 0.561. The summed E-state index contributed by atoms with van der Waals surface area (Å²) >= 11 is 6.10. The molecule has 2 heterocycles. The van der Waals surface area contributed by atoms with Gasteiger partial charge in [-0.3, -0.25) is 9.59 Å². The van der Waals surface area contributed by atoms with Gasteiger partial charge in [0.2, 0.25) is 5.91 Å². The minimum absolute atomic E-state index is 0.0196. The Kier molecular flexibility index (Phi) is 5.83. The highest BCUT2D eigenvalue weighted by molar-refractivity contribution is 6.31. The van der Waals surface area contributed by atoms with Crippen LogP contribution in [0.25, 0.3) is 0 Å². The van der Waals surface area contributed by atoms with E-state index in [1.54, 1.807) is 12.1 Å². The van der Waals surface area contributed by atoms with Crippen molar-refractivity contribution in [2.45, 2.75) is 26.0 Å². The lowest BCUT2D eigenvalue weighted by molar-refractivity contribution is -0.132. The molecule has 2 aliphatic rings. The molecule has 30 heavy (non-hydrogen) atoms. The molecule has 1 fully saturated rings. The van der Waals surface area contributed by atoms with Gasteiger partial charge in [-0.1, -0.05) is 17.7 Å². The van der Waals surface area contributed by atoms with Gasteiger partial charge in [0.25, 0.3) is 0 Å². The molecule has 4 rings (SSSR count). The van der Waals surface area contributed by atoms with Crippen molar-refractivity contribution in [3.8, 4) is 5.75 Å². The number of benzene rings is 2. The first kappa shape index (κ1) is 20.5. The number of carbonyl (C=O) groups excluding carboxylic acids is 2. The van der Waals surface area contributed by atoms with Gasteiger partial charge in [0.1, 0.15) is 5.75 Å². The fourth-order valence-corrected chi connectivity index (χ4v) is 4.12. The molecule has 0 unspecified atom stereocenters. The van der Waals surface area contributed by atoms with Crippen molar-refractivity contribution in [3.05, 3.63) is 52.5 Å². The van der Waals surface area contributed by atoms with E-state index in [2.05, 4.69) is 17.1 Å². The van der Waals surface area contributed by atoms with Crippen LogP contribution in [0.2, 0.25) is 5.02 Å². The molecule has 2 aromatic rings. The number of nitrogens with zero attached hydrogens (tertiary/aromatic N) is 2. The van der Waals surface area contributed by atoms with Crippen molar-refractivity contribution >= 4 is 34.9 Å². The maximum atomic E-state index is 12.7. The molecule has 1 amide bonds. The normalized spacial score (nSPS) is 18.2. The number of hydrogen-bond acceptors (Lipinski definition) is 6. The largest absolute Gasteiger partial charge is 0.426 e. The van der Waals surface area contributed by atoms with E-state index in [0.29, 0.717) is 42.4 Å². The van der Waals surface area contributed by atoms with Crippen LogP contribution in [0.15, 0.2) is 36.4 Å². The van der Waals surface area contributed by atoms with E-state index < -0.39 is 0 Å². The topological polar surface area (TPSA) is 82.1 Å². The van der Waals surface area contributed by atoms with Crippen LogP contribution in [0.4, 0.5) is 11.4 Å². The van der Waals surface area contributed by atoms with Crippen LogP contribution < -0.4 is 15.0 Å². The zero-order valence-corrected chi connectivity index (χ0v) is 17.5. The number of nitrogens with one attached hydrogen (secondary N) is 1. The third kappa shape index (κ3) is 4.22. The smallest absolute Gasteiger partial charge is 0.315 e. The Hall–Kier alpha value is -2.77. The predicted molar refractivity (Wildman–Crippen MR) is 115 cm³/mol. The standard InChI is InChI=1S/C22H24ClN3O4/c1-14-12-25(6-7-26(14)18-4-5-19(23)16(8-18)13-27)21(28)11-24-17-3-2-15-9-22(29)30-20(15)10-17/h2-5,8,10,14,24,27H,6-7,9,11-13H2,1H3/t14-/m1/s1. The van der Waals surface area contributed by atoms with Crippen LogP contribution in [-0.2, 0) is 22.6 Å². The average Bonchev–Trinajstić information content (AvgIpc) is 3.11. The second-order valence-corrected chi connectivity index (χ2v) is 8.05. The molecular formula is C22H24ClN3O4. The third-order valence-corrected chi connectivity index (χ3v) is 5.95. The first-order chi connectivity index (χ1) is 14.4. The zero-order chi connectivity index (χ0) is 21.3. The highest BCUT2D eigenvalue weighted by Gasteiger charge is 2.27. The molecule has 7 nitrogen and oxygen atoms in total. The van der Waals surface area contributed by atoms with Crippen molar-refractivity contribution in [1.82, 2.24) is 4.90 Å². The molecule has 0 radical (unpaired) electrons. The van der Waals surface area contributed by atoms with Crippen molar-refractivity contribution in [2.24, 2.45) is 0 Å². The average molecular weight is 430 g/mol. The molecule has 2 aliphatic heterocycles. The van der Waals surface area contributed by atoms with E-state index in [-0.39, 0.29) is 31.1 Å². The van der Waals surface area contributed by atoms with Crippen molar-refractivity contribution < 1.29 is 19.4 Å². The van der Waals surface area contributed by atoms with Gasteiger partial charge < -0.3 is 25.0 Å². The number of aliphatic hydroxyl groups is 1. The second-order valence-electron chi connectivity index (χ2n) is 7.64.